The molecule has 1 rings (SSSR count). The number of carbonyl (C=O) groups is 2. The minimum absolute atomic E-state index is 0.00936. The lowest BCUT2D eigenvalue weighted by Gasteiger charge is -2.11. The van der Waals surface area contributed by atoms with E-state index in [1.165, 1.54) is 0 Å². The molecule has 104 valence electrons. The summed E-state index contributed by atoms with van der Waals surface area (Å²) < 4.78 is 9.94. The topological polar surface area (TPSA) is 78.6 Å². The van der Waals surface area contributed by atoms with Gasteiger partial charge in [-0.15, -0.1) is 0 Å². The lowest BCUT2D eigenvalue weighted by molar-refractivity contribution is -0.142. The second kappa shape index (κ2) is 7.41. The quantitative estimate of drug-likeness (QED) is 0.628. The Kier molecular flexibility index (Phi) is 5.85. The molecule has 0 amide bonds. The number of nitrogen functional groups attached to an aromatic ring is 1. The highest BCUT2D eigenvalue weighted by molar-refractivity contribution is 5.97. The Hall–Kier alpha value is -2.04. The normalized spacial score (nSPS) is 10.0. The molecule has 0 unspecified atom stereocenters. The van der Waals surface area contributed by atoms with E-state index in [2.05, 4.69) is 0 Å². The molecule has 0 aliphatic heterocycles. The number of rotatable bonds is 6. The van der Waals surface area contributed by atoms with Crippen molar-refractivity contribution in [2.24, 2.45) is 0 Å². The van der Waals surface area contributed by atoms with E-state index in [1.807, 2.05) is 6.92 Å². The van der Waals surface area contributed by atoms with E-state index < -0.39 is 11.9 Å². The van der Waals surface area contributed by atoms with Crippen molar-refractivity contribution in [2.45, 2.75) is 26.7 Å². The summed E-state index contributed by atoms with van der Waals surface area (Å²) in [5, 5.41) is 0. The van der Waals surface area contributed by atoms with E-state index in [-0.39, 0.29) is 12.0 Å². The van der Waals surface area contributed by atoms with Gasteiger partial charge in [0.25, 0.3) is 0 Å². The summed E-state index contributed by atoms with van der Waals surface area (Å²) in [7, 11) is 0. The molecule has 0 radical (unpaired) electrons. The van der Waals surface area contributed by atoms with E-state index >= 15 is 0 Å². The standard InChI is InChI=1S/C14H19NO4/c1-3-8-19-14(17)13-10(6-5-7-11(13)15)9-12(16)18-4-2/h5-7H,3-4,8-9,15H2,1-2H3. The second-order valence-electron chi connectivity index (χ2n) is 4.00. The van der Waals surface area contributed by atoms with Gasteiger partial charge in [-0.1, -0.05) is 19.1 Å². The number of hydrogen-bond donors (Lipinski definition) is 1. The monoisotopic (exact) mass is 265 g/mol. The maximum atomic E-state index is 11.9. The van der Waals surface area contributed by atoms with Crippen molar-refractivity contribution in [1.29, 1.82) is 0 Å². The van der Waals surface area contributed by atoms with Crippen molar-refractivity contribution in [3.63, 3.8) is 0 Å². The van der Waals surface area contributed by atoms with Crippen LogP contribution < -0.4 is 5.73 Å². The van der Waals surface area contributed by atoms with E-state index in [0.29, 0.717) is 24.5 Å². The number of benzene rings is 1. The average Bonchev–Trinajstić information content (AvgIpc) is 2.36. The van der Waals surface area contributed by atoms with E-state index in [0.717, 1.165) is 6.42 Å². The minimum atomic E-state index is -0.501. The average molecular weight is 265 g/mol. The largest absolute Gasteiger partial charge is 0.466 e. The van der Waals surface area contributed by atoms with Gasteiger partial charge in [-0.25, -0.2) is 4.79 Å². The van der Waals surface area contributed by atoms with Crippen LogP contribution in [-0.4, -0.2) is 25.2 Å². The molecule has 1 aromatic rings. The smallest absolute Gasteiger partial charge is 0.340 e. The van der Waals surface area contributed by atoms with Gasteiger partial charge in [-0.3, -0.25) is 4.79 Å². The molecule has 5 nitrogen and oxygen atoms in total. The maximum Gasteiger partial charge on any atom is 0.340 e. The molecule has 0 saturated carbocycles. The molecule has 1 aromatic carbocycles. The molecule has 0 bridgehead atoms. The number of hydrogen-bond acceptors (Lipinski definition) is 5. The van der Waals surface area contributed by atoms with Gasteiger partial charge in [0.15, 0.2) is 0 Å². The van der Waals surface area contributed by atoms with Crippen LogP contribution in [0.5, 0.6) is 0 Å². The van der Waals surface area contributed by atoms with Gasteiger partial charge in [-0.05, 0) is 25.0 Å². The summed E-state index contributed by atoms with van der Waals surface area (Å²) in [6.45, 7) is 4.26. The third kappa shape index (κ3) is 4.28. The molecule has 5 heteroatoms. The number of anilines is 1. The highest BCUT2D eigenvalue weighted by atomic mass is 16.5. The maximum absolute atomic E-state index is 11.9. The molecule has 0 spiro atoms. The fourth-order valence-electron chi connectivity index (χ4n) is 1.65. The van der Waals surface area contributed by atoms with Crippen molar-refractivity contribution in [3.8, 4) is 0 Å². The Bertz CT molecular complexity index is 457. The first-order chi connectivity index (χ1) is 9.10. The fraction of sp³-hybridized carbons (Fsp3) is 0.429. The predicted molar refractivity (Wildman–Crippen MR) is 71.8 cm³/mol. The van der Waals surface area contributed by atoms with Gasteiger partial charge < -0.3 is 15.2 Å². The fourth-order valence-corrected chi connectivity index (χ4v) is 1.65. The first-order valence-corrected chi connectivity index (χ1v) is 6.30. The first-order valence-electron chi connectivity index (χ1n) is 6.30. The van der Waals surface area contributed by atoms with Crippen LogP contribution in [-0.2, 0) is 20.7 Å². The van der Waals surface area contributed by atoms with Gasteiger partial charge in [-0.2, -0.15) is 0 Å². The third-order valence-corrected chi connectivity index (χ3v) is 2.46. The zero-order chi connectivity index (χ0) is 14.3. The third-order valence-electron chi connectivity index (χ3n) is 2.46. The summed E-state index contributed by atoms with van der Waals surface area (Å²) in [5.74, 6) is -0.892. The molecular weight excluding hydrogens is 246 g/mol. The van der Waals surface area contributed by atoms with Crippen molar-refractivity contribution in [2.75, 3.05) is 18.9 Å². The van der Waals surface area contributed by atoms with E-state index in [4.69, 9.17) is 15.2 Å². The molecule has 0 aliphatic carbocycles. The molecule has 0 aromatic heterocycles. The van der Waals surface area contributed by atoms with E-state index in [1.54, 1.807) is 25.1 Å². The highest BCUT2D eigenvalue weighted by Gasteiger charge is 2.18. The predicted octanol–water partition coefficient (Wildman–Crippen LogP) is 1.94. The molecule has 19 heavy (non-hydrogen) atoms. The Balaban J connectivity index is 2.94. The highest BCUT2D eigenvalue weighted by Crippen LogP contribution is 2.19. The van der Waals surface area contributed by atoms with Crippen LogP contribution in [0.4, 0.5) is 5.69 Å². The van der Waals surface area contributed by atoms with E-state index in [9.17, 15) is 9.59 Å². The Morgan fingerprint density at radius 3 is 2.58 bits per heavy atom. The minimum Gasteiger partial charge on any atom is -0.466 e. The van der Waals surface area contributed by atoms with Crippen LogP contribution in [0.2, 0.25) is 0 Å². The summed E-state index contributed by atoms with van der Waals surface area (Å²) in [6.07, 6.45) is 0.737. The van der Waals surface area contributed by atoms with Gasteiger partial charge in [0, 0.05) is 5.69 Å². The zero-order valence-corrected chi connectivity index (χ0v) is 11.3. The van der Waals surface area contributed by atoms with Gasteiger partial charge in [0.05, 0.1) is 25.2 Å². The van der Waals surface area contributed by atoms with Crippen LogP contribution in [0.15, 0.2) is 18.2 Å². The van der Waals surface area contributed by atoms with Gasteiger partial charge in [0.2, 0.25) is 0 Å². The van der Waals surface area contributed by atoms with Crippen molar-refractivity contribution in [3.05, 3.63) is 29.3 Å². The van der Waals surface area contributed by atoms with Crippen LogP contribution in [0.25, 0.3) is 0 Å². The summed E-state index contributed by atoms with van der Waals surface area (Å²) in [6, 6.07) is 4.98. The molecule has 0 fully saturated rings. The SMILES string of the molecule is CCCOC(=O)c1c(N)cccc1CC(=O)OCC. The first kappa shape index (κ1) is 15.0. The summed E-state index contributed by atoms with van der Waals surface area (Å²) >= 11 is 0. The summed E-state index contributed by atoms with van der Waals surface area (Å²) in [5.41, 5.74) is 6.88. The lowest BCUT2D eigenvalue weighted by atomic mass is 10.0. The molecule has 0 atom stereocenters. The molecule has 0 aliphatic rings. The summed E-state index contributed by atoms with van der Waals surface area (Å²) in [4.78, 5) is 23.4. The van der Waals surface area contributed by atoms with Crippen LogP contribution >= 0.6 is 0 Å². The van der Waals surface area contributed by atoms with Crippen molar-refractivity contribution < 1.29 is 19.1 Å². The Morgan fingerprint density at radius 2 is 1.95 bits per heavy atom. The second-order valence-corrected chi connectivity index (χ2v) is 4.00. The van der Waals surface area contributed by atoms with Crippen molar-refractivity contribution >= 4 is 17.6 Å². The molecule has 0 saturated heterocycles. The molecule has 2 N–H and O–H groups in total. The number of carbonyl (C=O) groups excluding carboxylic acids is 2. The van der Waals surface area contributed by atoms with Crippen molar-refractivity contribution in [1.82, 2.24) is 0 Å². The lowest BCUT2D eigenvalue weighted by Crippen LogP contribution is -2.15. The van der Waals surface area contributed by atoms with Crippen LogP contribution in [0.3, 0.4) is 0 Å². The molecular formula is C14H19NO4. The number of esters is 2. The van der Waals surface area contributed by atoms with Gasteiger partial charge >= 0.3 is 11.9 Å². The molecule has 0 heterocycles. The van der Waals surface area contributed by atoms with Gasteiger partial charge in [0.1, 0.15) is 0 Å². The Morgan fingerprint density at radius 1 is 1.21 bits per heavy atom. The van der Waals surface area contributed by atoms with Crippen LogP contribution in [0, 0.1) is 0 Å². The zero-order valence-electron chi connectivity index (χ0n) is 11.3. The Labute approximate surface area is 112 Å². The number of nitrogens with two attached hydrogens (primary N) is 1. The number of ether oxygens (including phenoxy) is 2. The van der Waals surface area contributed by atoms with Crippen LogP contribution in [0.1, 0.15) is 36.2 Å².